The van der Waals surface area contributed by atoms with E-state index in [1.54, 1.807) is 11.9 Å². The van der Waals surface area contributed by atoms with Crippen LogP contribution in [-0.4, -0.2) is 66.4 Å². The summed E-state index contributed by atoms with van der Waals surface area (Å²) in [5.74, 6) is -1.03. The van der Waals surface area contributed by atoms with Crippen LogP contribution in [0.3, 0.4) is 0 Å². The molecular formula is C17H27N3O4. The summed E-state index contributed by atoms with van der Waals surface area (Å²) in [6.07, 6.45) is 1.66. The first-order chi connectivity index (χ1) is 11.2. The molecule has 0 aliphatic carbocycles. The summed E-state index contributed by atoms with van der Waals surface area (Å²) < 4.78 is 5.70. The predicted octanol–water partition coefficient (Wildman–Crippen LogP) is -0.0178. The van der Waals surface area contributed by atoms with Crippen molar-refractivity contribution in [3.8, 4) is 0 Å². The van der Waals surface area contributed by atoms with E-state index in [1.165, 1.54) is 4.90 Å². The molecular weight excluding hydrogens is 310 g/mol. The molecule has 0 radical (unpaired) electrons. The van der Waals surface area contributed by atoms with Crippen molar-refractivity contribution in [3.63, 3.8) is 0 Å². The van der Waals surface area contributed by atoms with Crippen LogP contribution in [-0.2, 0) is 19.1 Å². The SMILES string of the molecule is CN(CC(C)(C)CN)C(=O)CCN1C(=O)C2C3CCC(O3)C2C1=O. The lowest BCUT2D eigenvalue weighted by Crippen LogP contribution is -2.42. The van der Waals surface area contributed by atoms with E-state index in [0.717, 1.165) is 12.8 Å². The van der Waals surface area contributed by atoms with Gasteiger partial charge in [0.15, 0.2) is 0 Å². The van der Waals surface area contributed by atoms with Crippen LogP contribution in [0.2, 0.25) is 0 Å². The number of nitrogens with zero attached hydrogens (tertiary/aromatic N) is 2. The van der Waals surface area contributed by atoms with Gasteiger partial charge in [0.05, 0.1) is 24.0 Å². The molecule has 0 spiro atoms. The number of carbonyl (C=O) groups is 3. The highest BCUT2D eigenvalue weighted by atomic mass is 16.5. The summed E-state index contributed by atoms with van der Waals surface area (Å²) in [5, 5.41) is 0. The molecule has 0 aromatic heterocycles. The summed E-state index contributed by atoms with van der Waals surface area (Å²) in [6.45, 7) is 5.20. The predicted molar refractivity (Wildman–Crippen MR) is 86.7 cm³/mol. The smallest absolute Gasteiger partial charge is 0.235 e. The lowest BCUT2D eigenvalue weighted by atomic mass is 9.81. The number of imide groups is 1. The zero-order valence-corrected chi connectivity index (χ0v) is 14.7. The van der Waals surface area contributed by atoms with E-state index in [2.05, 4.69) is 0 Å². The average Bonchev–Trinajstić information content (AvgIpc) is 3.20. The third-order valence-corrected chi connectivity index (χ3v) is 5.57. The van der Waals surface area contributed by atoms with Gasteiger partial charge in [-0.1, -0.05) is 13.8 Å². The molecule has 0 aromatic rings. The fourth-order valence-electron chi connectivity index (χ4n) is 4.19. The summed E-state index contributed by atoms with van der Waals surface area (Å²) in [6, 6.07) is 0. The number of hydrogen-bond acceptors (Lipinski definition) is 5. The number of rotatable bonds is 6. The van der Waals surface area contributed by atoms with Crippen molar-refractivity contribution in [3.05, 3.63) is 0 Å². The number of fused-ring (bicyclic) bond motifs is 5. The molecule has 7 nitrogen and oxygen atoms in total. The second kappa shape index (κ2) is 6.11. The maximum atomic E-state index is 12.5. The molecule has 3 saturated heterocycles. The molecule has 3 amide bonds. The van der Waals surface area contributed by atoms with Crippen molar-refractivity contribution in [1.29, 1.82) is 0 Å². The first kappa shape index (κ1) is 17.4. The van der Waals surface area contributed by atoms with Crippen molar-refractivity contribution < 1.29 is 19.1 Å². The average molecular weight is 337 g/mol. The van der Waals surface area contributed by atoms with E-state index in [9.17, 15) is 14.4 Å². The fourth-order valence-corrected chi connectivity index (χ4v) is 4.19. The Kier molecular flexibility index (Phi) is 4.42. The summed E-state index contributed by atoms with van der Waals surface area (Å²) >= 11 is 0. The largest absolute Gasteiger partial charge is 0.373 e. The van der Waals surface area contributed by atoms with Gasteiger partial charge in [-0.15, -0.1) is 0 Å². The summed E-state index contributed by atoms with van der Waals surface area (Å²) in [7, 11) is 1.73. The number of amides is 3. The maximum absolute atomic E-state index is 12.5. The van der Waals surface area contributed by atoms with Gasteiger partial charge in [0, 0.05) is 26.6 Å². The van der Waals surface area contributed by atoms with Crippen LogP contribution in [0.4, 0.5) is 0 Å². The van der Waals surface area contributed by atoms with Gasteiger partial charge in [0.1, 0.15) is 0 Å². The Balaban J connectivity index is 1.56. The molecule has 24 heavy (non-hydrogen) atoms. The molecule has 7 heteroatoms. The van der Waals surface area contributed by atoms with Crippen LogP contribution in [0.15, 0.2) is 0 Å². The third-order valence-electron chi connectivity index (χ3n) is 5.57. The second-order valence-electron chi connectivity index (χ2n) is 8.04. The maximum Gasteiger partial charge on any atom is 0.235 e. The molecule has 0 saturated carbocycles. The number of hydrogen-bond donors (Lipinski definition) is 1. The van der Waals surface area contributed by atoms with E-state index in [1.807, 2.05) is 13.8 Å². The van der Waals surface area contributed by atoms with E-state index < -0.39 is 0 Å². The number of carbonyl (C=O) groups excluding carboxylic acids is 3. The molecule has 2 bridgehead atoms. The van der Waals surface area contributed by atoms with Crippen molar-refractivity contribution in [2.24, 2.45) is 23.0 Å². The highest BCUT2D eigenvalue weighted by Crippen LogP contribution is 2.48. The van der Waals surface area contributed by atoms with Crippen molar-refractivity contribution in [2.75, 3.05) is 26.7 Å². The number of likely N-dealkylation sites (tertiary alicyclic amines) is 1. The molecule has 4 atom stereocenters. The Labute approximate surface area is 142 Å². The van der Waals surface area contributed by atoms with Gasteiger partial charge in [-0.2, -0.15) is 0 Å². The Morgan fingerprint density at radius 1 is 1.25 bits per heavy atom. The second-order valence-corrected chi connectivity index (χ2v) is 8.04. The summed E-state index contributed by atoms with van der Waals surface area (Å²) in [5.41, 5.74) is 5.55. The van der Waals surface area contributed by atoms with Gasteiger partial charge in [-0.05, 0) is 24.8 Å². The van der Waals surface area contributed by atoms with Crippen LogP contribution in [0.25, 0.3) is 0 Å². The molecule has 3 aliphatic rings. The van der Waals surface area contributed by atoms with Gasteiger partial charge in [-0.3, -0.25) is 19.3 Å². The van der Waals surface area contributed by atoms with Crippen molar-refractivity contribution >= 4 is 17.7 Å². The quantitative estimate of drug-likeness (QED) is 0.688. The Morgan fingerprint density at radius 3 is 2.29 bits per heavy atom. The first-order valence-corrected chi connectivity index (χ1v) is 8.70. The van der Waals surface area contributed by atoms with Crippen LogP contribution >= 0.6 is 0 Å². The topological polar surface area (TPSA) is 92.9 Å². The minimum absolute atomic E-state index is 0.0755. The minimum atomic E-state index is -0.319. The van der Waals surface area contributed by atoms with E-state index in [4.69, 9.17) is 10.5 Å². The first-order valence-electron chi connectivity index (χ1n) is 8.70. The molecule has 134 valence electrons. The number of nitrogens with two attached hydrogens (primary N) is 1. The standard InChI is InChI=1S/C17H27N3O4/c1-17(2,8-18)9-19(3)12(21)6-7-20-15(22)13-10-4-5-11(24-10)14(13)16(20)23/h10-11,13-14H,4-9,18H2,1-3H3. The molecule has 3 aliphatic heterocycles. The zero-order chi connectivity index (χ0) is 17.6. The normalized spacial score (nSPS) is 31.8. The minimum Gasteiger partial charge on any atom is -0.373 e. The van der Waals surface area contributed by atoms with Gasteiger partial charge in [0.25, 0.3) is 0 Å². The highest BCUT2D eigenvalue weighted by Gasteiger charge is 2.62. The lowest BCUT2D eigenvalue weighted by molar-refractivity contribution is -0.143. The lowest BCUT2D eigenvalue weighted by Gasteiger charge is -2.29. The van der Waals surface area contributed by atoms with Gasteiger partial charge in [0.2, 0.25) is 17.7 Å². The molecule has 2 N–H and O–H groups in total. The highest BCUT2D eigenvalue weighted by molar-refractivity contribution is 6.06. The van der Waals surface area contributed by atoms with Gasteiger partial charge < -0.3 is 15.4 Å². The van der Waals surface area contributed by atoms with Crippen LogP contribution in [0, 0.1) is 17.3 Å². The number of ether oxygens (including phenoxy) is 1. The van der Waals surface area contributed by atoms with E-state index in [0.29, 0.717) is 13.1 Å². The third kappa shape index (κ3) is 2.84. The fraction of sp³-hybridized carbons (Fsp3) is 0.824. The van der Waals surface area contributed by atoms with Crippen LogP contribution in [0.1, 0.15) is 33.1 Å². The Hall–Kier alpha value is -1.47. The van der Waals surface area contributed by atoms with Crippen molar-refractivity contribution in [2.45, 2.75) is 45.3 Å². The van der Waals surface area contributed by atoms with Gasteiger partial charge in [-0.25, -0.2) is 0 Å². The van der Waals surface area contributed by atoms with E-state index >= 15 is 0 Å². The Morgan fingerprint density at radius 2 is 1.79 bits per heavy atom. The van der Waals surface area contributed by atoms with Crippen LogP contribution in [0.5, 0.6) is 0 Å². The van der Waals surface area contributed by atoms with Crippen LogP contribution < -0.4 is 5.73 Å². The van der Waals surface area contributed by atoms with E-state index in [-0.39, 0.29) is 60.1 Å². The van der Waals surface area contributed by atoms with Gasteiger partial charge >= 0.3 is 0 Å². The summed E-state index contributed by atoms with van der Waals surface area (Å²) in [4.78, 5) is 40.3. The molecule has 4 unspecified atom stereocenters. The molecule has 3 fully saturated rings. The molecule has 3 rings (SSSR count). The molecule has 0 aromatic carbocycles. The Bertz CT molecular complexity index is 534. The monoisotopic (exact) mass is 337 g/mol. The van der Waals surface area contributed by atoms with Crippen molar-refractivity contribution in [1.82, 2.24) is 9.80 Å². The molecule has 3 heterocycles. The zero-order valence-electron chi connectivity index (χ0n) is 14.7.